The summed E-state index contributed by atoms with van der Waals surface area (Å²) in [5.74, 6) is 0.761. The summed E-state index contributed by atoms with van der Waals surface area (Å²) < 4.78 is 41.5. The van der Waals surface area contributed by atoms with Crippen molar-refractivity contribution in [2.75, 3.05) is 12.3 Å². The Bertz CT molecular complexity index is 1440. The normalized spacial score (nSPS) is 17.9. The number of carbonyl (C=O) groups is 1. The molecule has 1 atom stereocenters. The summed E-state index contributed by atoms with van der Waals surface area (Å²) in [5.41, 5.74) is 9.72. The number of aromatic nitrogens is 2. The highest BCUT2D eigenvalue weighted by molar-refractivity contribution is 5.98. The molecule has 2 heterocycles. The largest absolute Gasteiger partial charge is 0.416 e. The van der Waals surface area contributed by atoms with Crippen LogP contribution in [0.3, 0.4) is 0 Å². The number of nitrogen functional groups attached to an aromatic ring is 1. The first-order valence-corrected chi connectivity index (χ1v) is 11.5. The zero-order valence-electron chi connectivity index (χ0n) is 18.3. The Morgan fingerprint density at radius 3 is 2.68 bits per heavy atom. The van der Waals surface area contributed by atoms with Crippen LogP contribution in [0.15, 0.2) is 54.7 Å². The van der Waals surface area contributed by atoms with Crippen molar-refractivity contribution in [2.45, 2.75) is 37.9 Å². The Labute approximate surface area is 194 Å². The SMILES string of the molecule is Nc1nc2ccc(C(=O)N(CC3CC3)C3CCc4cc(C(F)(F)F)ccc43)cc2n2cccc12. The molecule has 1 fully saturated rings. The van der Waals surface area contributed by atoms with E-state index in [9.17, 15) is 18.0 Å². The Hall–Kier alpha value is -3.55. The summed E-state index contributed by atoms with van der Waals surface area (Å²) in [6.07, 6.45) is 0.814. The van der Waals surface area contributed by atoms with Crippen molar-refractivity contribution in [2.24, 2.45) is 5.92 Å². The van der Waals surface area contributed by atoms with Gasteiger partial charge in [0.1, 0.15) is 5.82 Å². The molecule has 2 aliphatic carbocycles. The van der Waals surface area contributed by atoms with E-state index in [2.05, 4.69) is 4.98 Å². The van der Waals surface area contributed by atoms with Gasteiger partial charge in [-0.05, 0) is 85.2 Å². The molecule has 1 saturated carbocycles. The van der Waals surface area contributed by atoms with Crippen LogP contribution < -0.4 is 5.73 Å². The minimum absolute atomic E-state index is 0.108. The number of halogens is 3. The molecule has 2 N–H and O–H groups in total. The van der Waals surface area contributed by atoms with Crippen molar-refractivity contribution < 1.29 is 18.0 Å². The average molecular weight is 464 g/mol. The van der Waals surface area contributed by atoms with E-state index in [1.165, 1.54) is 6.07 Å². The van der Waals surface area contributed by atoms with Crippen LogP contribution in [0.2, 0.25) is 0 Å². The molecule has 8 heteroatoms. The second-order valence-corrected chi connectivity index (χ2v) is 9.33. The number of hydrogen-bond acceptors (Lipinski definition) is 3. The van der Waals surface area contributed by atoms with Crippen molar-refractivity contribution in [3.63, 3.8) is 0 Å². The van der Waals surface area contributed by atoms with Gasteiger partial charge in [-0.3, -0.25) is 4.79 Å². The van der Waals surface area contributed by atoms with Crippen LogP contribution >= 0.6 is 0 Å². The molecule has 0 bridgehead atoms. The fourth-order valence-corrected chi connectivity index (χ4v) is 5.12. The third-order valence-electron chi connectivity index (χ3n) is 7.04. The molecule has 1 unspecified atom stereocenters. The molecule has 174 valence electrons. The van der Waals surface area contributed by atoms with Crippen LogP contribution in [0.5, 0.6) is 0 Å². The van der Waals surface area contributed by atoms with Gasteiger partial charge in [0.15, 0.2) is 0 Å². The Balaban J connectivity index is 1.39. The predicted molar refractivity (Wildman–Crippen MR) is 123 cm³/mol. The quantitative estimate of drug-likeness (QED) is 0.426. The highest BCUT2D eigenvalue weighted by atomic mass is 19.4. The molecule has 4 aromatic rings. The lowest BCUT2D eigenvalue weighted by molar-refractivity contribution is -0.137. The molecular formula is C26H23F3N4O. The van der Waals surface area contributed by atoms with Crippen molar-refractivity contribution in [1.82, 2.24) is 14.3 Å². The fourth-order valence-electron chi connectivity index (χ4n) is 5.12. The Morgan fingerprint density at radius 1 is 1.09 bits per heavy atom. The molecule has 6 rings (SSSR count). The molecule has 0 aliphatic heterocycles. The number of carbonyl (C=O) groups excluding carboxylic acids is 1. The zero-order chi connectivity index (χ0) is 23.6. The van der Waals surface area contributed by atoms with E-state index in [1.807, 2.05) is 33.7 Å². The summed E-state index contributed by atoms with van der Waals surface area (Å²) >= 11 is 0. The van der Waals surface area contributed by atoms with Crippen LogP contribution in [0, 0.1) is 5.92 Å². The van der Waals surface area contributed by atoms with E-state index < -0.39 is 11.7 Å². The number of fused-ring (bicyclic) bond motifs is 4. The van der Waals surface area contributed by atoms with Crippen molar-refractivity contribution in [3.8, 4) is 0 Å². The molecule has 0 radical (unpaired) electrons. The van der Waals surface area contributed by atoms with Gasteiger partial charge < -0.3 is 15.0 Å². The molecule has 1 amide bonds. The number of rotatable bonds is 4. The number of nitrogens with zero attached hydrogens (tertiary/aromatic N) is 3. The first-order chi connectivity index (χ1) is 16.3. The van der Waals surface area contributed by atoms with Crippen LogP contribution in [-0.2, 0) is 12.6 Å². The standard InChI is InChI=1S/C26H23F3N4O/c27-26(28,29)18-7-8-19-16(12-18)6-10-21(19)33(14-15-3-4-15)25(34)17-5-9-20-23(13-17)32-11-1-2-22(32)24(30)31-20/h1-2,5,7-9,11-13,15,21H,3-4,6,10,14H2,(H2,30,31). The minimum Gasteiger partial charge on any atom is -0.382 e. The second kappa shape index (κ2) is 7.48. The first-order valence-electron chi connectivity index (χ1n) is 11.5. The van der Waals surface area contributed by atoms with Gasteiger partial charge in [-0.15, -0.1) is 0 Å². The fraction of sp³-hybridized carbons (Fsp3) is 0.308. The summed E-state index contributed by atoms with van der Waals surface area (Å²) in [6.45, 7) is 0.612. The second-order valence-electron chi connectivity index (χ2n) is 9.33. The van der Waals surface area contributed by atoms with E-state index >= 15 is 0 Å². The minimum atomic E-state index is -4.37. The lowest BCUT2D eigenvalue weighted by atomic mass is 10.0. The summed E-state index contributed by atoms with van der Waals surface area (Å²) in [5, 5.41) is 0. The summed E-state index contributed by atoms with van der Waals surface area (Å²) in [4.78, 5) is 20.1. The van der Waals surface area contributed by atoms with Gasteiger partial charge in [0, 0.05) is 18.3 Å². The van der Waals surface area contributed by atoms with Gasteiger partial charge >= 0.3 is 6.18 Å². The van der Waals surface area contributed by atoms with Crippen LogP contribution in [0.4, 0.5) is 19.0 Å². The van der Waals surface area contributed by atoms with Gasteiger partial charge in [-0.25, -0.2) is 4.98 Å². The van der Waals surface area contributed by atoms with Crippen LogP contribution in [-0.4, -0.2) is 26.7 Å². The maximum atomic E-state index is 13.8. The number of anilines is 1. The highest BCUT2D eigenvalue weighted by Gasteiger charge is 2.37. The van der Waals surface area contributed by atoms with Gasteiger partial charge in [0.2, 0.25) is 0 Å². The predicted octanol–water partition coefficient (Wildman–Crippen LogP) is 5.63. The molecule has 34 heavy (non-hydrogen) atoms. The van der Waals surface area contributed by atoms with Crippen LogP contribution in [0.25, 0.3) is 16.6 Å². The number of amides is 1. The molecular weight excluding hydrogens is 441 g/mol. The number of alkyl halides is 3. The molecule has 2 aliphatic rings. The van der Waals surface area contributed by atoms with Gasteiger partial charge in [-0.1, -0.05) is 6.07 Å². The molecule has 2 aromatic carbocycles. The van der Waals surface area contributed by atoms with Crippen LogP contribution in [0.1, 0.15) is 52.4 Å². The van der Waals surface area contributed by atoms with E-state index in [4.69, 9.17) is 5.73 Å². The number of aryl methyl sites for hydroxylation is 1. The van der Waals surface area contributed by atoms with E-state index in [0.29, 0.717) is 47.8 Å². The first kappa shape index (κ1) is 21.0. The van der Waals surface area contributed by atoms with Crippen molar-refractivity contribution in [1.29, 1.82) is 0 Å². The summed E-state index contributed by atoms with van der Waals surface area (Å²) in [6, 6.07) is 12.8. The van der Waals surface area contributed by atoms with E-state index in [0.717, 1.165) is 35.5 Å². The molecule has 2 aromatic heterocycles. The number of nitrogens with two attached hydrogens (primary N) is 1. The number of benzene rings is 2. The maximum absolute atomic E-state index is 13.8. The lowest BCUT2D eigenvalue weighted by Crippen LogP contribution is -2.35. The van der Waals surface area contributed by atoms with Gasteiger partial charge in [0.25, 0.3) is 5.91 Å². The third-order valence-corrected chi connectivity index (χ3v) is 7.04. The maximum Gasteiger partial charge on any atom is 0.416 e. The van der Waals surface area contributed by atoms with Crippen molar-refractivity contribution in [3.05, 3.63) is 77.0 Å². The monoisotopic (exact) mass is 464 g/mol. The average Bonchev–Trinajstić information content (AvgIpc) is 3.31. The molecule has 0 spiro atoms. The molecule has 0 saturated heterocycles. The van der Waals surface area contributed by atoms with E-state index in [1.54, 1.807) is 18.2 Å². The van der Waals surface area contributed by atoms with Gasteiger partial charge in [-0.2, -0.15) is 13.2 Å². The zero-order valence-corrected chi connectivity index (χ0v) is 18.3. The Morgan fingerprint density at radius 2 is 1.91 bits per heavy atom. The smallest absolute Gasteiger partial charge is 0.382 e. The third kappa shape index (κ3) is 3.48. The van der Waals surface area contributed by atoms with Crippen molar-refractivity contribution >= 4 is 28.3 Å². The highest BCUT2D eigenvalue weighted by Crippen LogP contribution is 2.42. The lowest BCUT2D eigenvalue weighted by Gasteiger charge is -2.30. The van der Waals surface area contributed by atoms with E-state index in [-0.39, 0.29) is 11.9 Å². The summed E-state index contributed by atoms with van der Waals surface area (Å²) in [7, 11) is 0. The number of hydrogen-bond donors (Lipinski definition) is 1. The molecule has 5 nitrogen and oxygen atoms in total. The van der Waals surface area contributed by atoms with Gasteiger partial charge in [0.05, 0.1) is 28.2 Å². The topological polar surface area (TPSA) is 63.6 Å². The Kier molecular flexibility index (Phi) is 4.62.